The van der Waals surface area contributed by atoms with Gasteiger partial charge in [0.15, 0.2) is 0 Å². The first kappa shape index (κ1) is 15.2. The van der Waals surface area contributed by atoms with Crippen molar-refractivity contribution in [1.82, 2.24) is 9.62 Å². The molecule has 0 radical (unpaired) electrons. The summed E-state index contributed by atoms with van der Waals surface area (Å²) in [4.78, 5) is 11.8. The number of hydrogen-bond donors (Lipinski definition) is 1. The van der Waals surface area contributed by atoms with Gasteiger partial charge in [-0.3, -0.25) is 4.79 Å². The number of nitrogens with one attached hydrogen (secondary N) is 1. The first-order valence-corrected chi connectivity index (χ1v) is 7.98. The van der Waals surface area contributed by atoms with Crippen LogP contribution in [-0.2, 0) is 14.8 Å². The van der Waals surface area contributed by atoms with Gasteiger partial charge in [0.2, 0.25) is 15.9 Å². The van der Waals surface area contributed by atoms with Crippen LogP contribution in [0, 0.1) is 5.92 Å². The third-order valence-corrected chi connectivity index (χ3v) is 5.11. The molecule has 0 unspecified atom stereocenters. The van der Waals surface area contributed by atoms with E-state index in [-0.39, 0.29) is 17.6 Å². The van der Waals surface area contributed by atoms with Gasteiger partial charge in [0, 0.05) is 25.6 Å². The van der Waals surface area contributed by atoms with Crippen molar-refractivity contribution in [3.05, 3.63) is 12.7 Å². The Morgan fingerprint density at radius 1 is 1.44 bits per heavy atom. The second-order valence-corrected chi connectivity index (χ2v) is 6.70. The van der Waals surface area contributed by atoms with Gasteiger partial charge in [0.25, 0.3) is 0 Å². The number of hydrogen-bond acceptors (Lipinski definition) is 3. The van der Waals surface area contributed by atoms with Gasteiger partial charge < -0.3 is 5.32 Å². The molecule has 5 nitrogen and oxygen atoms in total. The molecule has 0 spiro atoms. The highest BCUT2D eigenvalue weighted by Gasteiger charge is 2.29. The second kappa shape index (κ2) is 6.89. The predicted octanol–water partition coefficient (Wildman–Crippen LogP) is 0.740. The number of carbonyl (C=O) groups excluding carboxylic acids is 1. The van der Waals surface area contributed by atoms with Gasteiger partial charge in [-0.15, -0.1) is 6.58 Å². The van der Waals surface area contributed by atoms with E-state index in [9.17, 15) is 13.2 Å². The summed E-state index contributed by atoms with van der Waals surface area (Å²) in [6.07, 6.45) is 3.74. The summed E-state index contributed by atoms with van der Waals surface area (Å²) in [5.74, 6) is 0.104. The molecule has 6 heteroatoms. The molecule has 1 saturated heterocycles. The van der Waals surface area contributed by atoms with Crippen LogP contribution in [0.2, 0.25) is 0 Å². The van der Waals surface area contributed by atoms with Crippen molar-refractivity contribution >= 4 is 15.9 Å². The summed E-state index contributed by atoms with van der Waals surface area (Å²) in [6, 6.07) is 0. The van der Waals surface area contributed by atoms with Crippen LogP contribution in [0.25, 0.3) is 0 Å². The van der Waals surface area contributed by atoms with E-state index in [2.05, 4.69) is 11.9 Å². The van der Waals surface area contributed by atoms with Crippen LogP contribution in [0.4, 0.5) is 0 Å². The predicted molar refractivity (Wildman–Crippen MR) is 71.6 cm³/mol. The van der Waals surface area contributed by atoms with Crippen LogP contribution >= 0.6 is 0 Å². The molecule has 0 atom stereocenters. The molecular formula is C12H22N2O3S. The summed E-state index contributed by atoms with van der Waals surface area (Å²) >= 11 is 0. The summed E-state index contributed by atoms with van der Waals surface area (Å²) < 4.78 is 24.8. The molecule has 1 amide bonds. The van der Waals surface area contributed by atoms with E-state index in [0.29, 0.717) is 32.5 Å². The Balaban J connectivity index is 2.39. The fraction of sp³-hybridized carbons (Fsp3) is 0.750. The van der Waals surface area contributed by atoms with Crippen LogP contribution in [0.3, 0.4) is 0 Å². The molecule has 0 aromatic heterocycles. The Labute approximate surface area is 109 Å². The largest absolute Gasteiger partial charge is 0.356 e. The lowest BCUT2D eigenvalue weighted by Crippen LogP contribution is -2.43. The van der Waals surface area contributed by atoms with E-state index < -0.39 is 10.0 Å². The van der Waals surface area contributed by atoms with E-state index in [1.165, 1.54) is 4.31 Å². The Morgan fingerprint density at radius 3 is 2.56 bits per heavy atom. The van der Waals surface area contributed by atoms with E-state index in [0.717, 1.165) is 6.42 Å². The lowest BCUT2D eigenvalue weighted by atomic mass is 9.97. The lowest BCUT2D eigenvalue weighted by molar-refractivity contribution is -0.126. The van der Waals surface area contributed by atoms with Gasteiger partial charge in [-0.05, 0) is 26.2 Å². The first-order chi connectivity index (χ1) is 8.51. The third-order valence-electron chi connectivity index (χ3n) is 3.23. The molecule has 18 heavy (non-hydrogen) atoms. The minimum Gasteiger partial charge on any atom is -0.356 e. The molecule has 0 aliphatic carbocycles. The molecule has 1 aliphatic heterocycles. The number of nitrogens with zero attached hydrogens (tertiary/aromatic N) is 1. The first-order valence-electron chi connectivity index (χ1n) is 6.37. The van der Waals surface area contributed by atoms with Gasteiger partial charge >= 0.3 is 0 Å². The molecule has 1 aliphatic rings. The minimum atomic E-state index is -3.10. The number of sulfonamides is 1. The number of carbonyl (C=O) groups is 1. The quantitative estimate of drug-likeness (QED) is 0.574. The van der Waals surface area contributed by atoms with Gasteiger partial charge in [-0.1, -0.05) is 6.08 Å². The molecule has 1 N–H and O–H groups in total. The zero-order valence-corrected chi connectivity index (χ0v) is 11.7. The van der Waals surface area contributed by atoms with Crippen molar-refractivity contribution in [1.29, 1.82) is 0 Å². The van der Waals surface area contributed by atoms with Crippen LogP contribution in [0.1, 0.15) is 26.2 Å². The summed E-state index contributed by atoms with van der Waals surface area (Å²) in [5, 5.41) is 2.84. The minimum absolute atomic E-state index is 0.0328. The van der Waals surface area contributed by atoms with Crippen LogP contribution in [0.5, 0.6) is 0 Å². The number of piperidine rings is 1. The van der Waals surface area contributed by atoms with Gasteiger partial charge in [0.05, 0.1) is 5.75 Å². The standard InChI is InChI=1S/C12H22N2O3S/c1-3-5-8-13-12(15)11-6-9-14(10-7-11)18(16,17)4-2/h3,11H,1,4-10H2,2H3,(H,13,15). The number of amides is 1. The maximum Gasteiger partial charge on any atom is 0.223 e. The second-order valence-electron chi connectivity index (χ2n) is 4.44. The van der Waals surface area contributed by atoms with Crippen LogP contribution in [-0.4, -0.2) is 44.0 Å². The zero-order chi connectivity index (χ0) is 13.6. The fourth-order valence-electron chi connectivity index (χ4n) is 2.02. The van der Waals surface area contributed by atoms with E-state index in [1.54, 1.807) is 13.0 Å². The Hall–Kier alpha value is -0.880. The molecule has 104 valence electrons. The molecule has 1 heterocycles. The average Bonchev–Trinajstić information content (AvgIpc) is 2.39. The SMILES string of the molecule is C=CCCNC(=O)C1CCN(S(=O)(=O)CC)CC1. The van der Waals surface area contributed by atoms with Gasteiger partial charge in [-0.25, -0.2) is 12.7 Å². The highest BCUT2D eigenvalue weighted by molar-refractivity contribution is 7.89. The summed E-state index contributed by atoms with van der Waals surface area (Å²) in [7, 11) is -3.10. The highest BCUT2D eigenvalue weighted by atomic mass is 32.2. The molecule has 0 aromatic carbocycles. The Kier molecular flexibility index (Phi) is 5.81. The molecule has 1 fully saturated rings. The Bertz CT molecular complexity index is 384. The van der Waals surface area contributed by atoms with Crippen LogP contribution < -0.4 is 5.32 Å². The normalized spacial score (nSPS) is 18.5. The summed E-state index contributed by atoms with van der Waals surface area (Å²) in [5.41, 5.74) is 0. The maximum absolute atomic E-state index is 11.8. The highest BCUT2D eigenvalue weighted by Crippen LogP contribution is 2.19. The van der Waals surface area contributed by atoms with Crippen molar-refractivity contribution < 1.29 is 13.2 Å². The zero-order valence-electron chi connectivity index (χ0n) is 10.9. The van der Waals surface area contributed by atoms with Gasteiger partial charge in [0.1, 0.15) is 0 Å². The van der Waals surface area contributed by atoms with Crippen molar-refractivity contribution in [2.24, 2.45) is 5.92 Å². The topological polar surface area (TPSA) is 66.5 Å². The van der Waals surface area contributed by atoms with Gasteiger partial charge in [-0.2, -0.15) is 0 Å². The number of rotatable bonds is 6. The Morgan fingerprint density at radius 2 is 2.06 bits per heavy atom. The molecule has 1 rings (SSSR count). The van der Waals surface area contributed by atoms with Crippen molar-refractivity contribution in [3.8, 4) is 0 Å². The molecule has 0 saturated carbocycles. The van der Waals surface area contributed by atoms with Crippen LogP contribution in [0.15, 0.2) is 12.7 Å². The monoisotopic (exact) mass is 274 g/mol. The van der Waals surface area contributed by atoms with Crippen molar-refractivity contribution in [2.45, 2.75) is 26.2 Å². The van der Waals surface area contributed by atoms with E-state index in [1.807, 2.05) is 0 Å². The van der Waals surface area contributed by atoms with Crippen molar-refractivity contribution in [3.63, 3.8) is 0 Å². The fourth-order valence-corrected chi connectivity index (χ4v) is 3.15. The van der Waals surface area contributed by atoms with E-state index in [4.69, 9.17) is 0 Å². The maximum atomic E-state index is 11.8. The summed E-state index contributed by atoms with van der Waals surface area (Å²) in [6.45, 7) is 6.75. The third kappa shape index (κ3) is 4.10. The average molecular weight is 274 g/mol. The lowest BCUT2D eigenvalue weighted by Gasteiger charge is -2.30. The smallest absolute Gasteiger partial charge is 0.223 e. The molecule has 0 aromatic rings. The van der Waals surface area contributed by atoms with E-state index >= 15 is 0 Å². The molecule has 0 bridgehead atoms. The molecular weight excluding hydrogens is 252 g/mol. The van der Waals surface area contributed by atoms with Crippen molar-refractivity contribution in [2.75, 3.05) is 25.4 Å².